The molecule has 0 saturated heterocycles. The molecule has 2 heterocycles. The SMILES string of the molecule is [C-]#[N+]C(=Cc1cccn1CCCn1cccc1C=C([N+]#[C-])c1ccccc1)c1ccccc1. The molecule has 0 aliphatic rings. The highest BCUT2D eigenvalue weighted by Gasteiger charge is 2.06. The zero-order valence-corrected chi connectivity index (χ0v) is 18.3. The van der Waals surface area contributed by atoms with E-state index >= 15 is 0 Å². The first kappa shape index (κ1) is 21.7. The summed E-state index contributed by atoms with van der Waals surface area (Å²) in [7, 11) is 0. The van der Waals surface area contributed by atoms with Gasteiger partial charge < -0.3 is 9.13 Å². The number of nitrogens with zero attached hydrogens (tertiary/aromatic N) is 4. The lowest BCUT2D eigenvalue weighted by molar-refractivity contribution is 0.563. The zero-order chi connectivity index (χ0) is 22.9. The largest absolute Gasteiger partial charge is 0.349 e. The molecule has 0 spiro atoms. The van der Waals surface area contributed by atoms with Crippen molar-refractivity contribution in [2.24, 2.45) is 0 Å². The van der Waals surface area contributed by atoms with Crippen molar-refractivity contribution in [3.8, 4) is 0 Å². The predicted molar refractivity (Wildman–Crippen MR) is 135 cm³/mol. The lowest BCUT2D eigenvalue weighted by Crippen LogP contribution is -2.05. The molecule has 160 valence electrons. The Morgan fingerprint density at radius 3 is 1.42 bits per heavy atom. The van der Waals surface area contributed by atoms with Crippen LogP contribution in [0.25, 0.3) is 33.2 Å². The Morgan fingerprint density at radius 1 is 0.606 bits per heavy atom. The lowest BCUT2D eigenvalue weighted by Gasteiger charge is -2.10. The quantitative estimate of drug-likeness (QED) is 0.264. The average molecular weight is 429 g/mol. The van der Waals surface area contributed by atoms with E-state index in [-0.39, 0.29) is 0 Å². The molecule has 4 nitrogen and oxygen atoms in total. The summed E-state index contributed by atoms with van der Waals surface area (Å²) in [6.45, 7) is 16.8. The van der Waals surface area contributed by atoms with Crippen LogP contribution in [0.2, 0.25) is 0 Å². The van der Waals surface area contributed by atoms with Gasteiger partial charge in [-0.2, -0.15) is 0 Å². The standard InChI is InChI=1S/C29H24N4/c1-30-28(24-12-5-3-6-13-24)22-26-16-9-18-32(26)20-11-21-33-19-10-17-27(33)23-29(31-2)25-14-7-4-8-15-25/h3-10,12-19,22-23H,11,20-21H2. The molecule has 4 rings (SSSR count). The minimum atomic E-state index is 0.640. The van der Waals surface area contributed by atoms with E-state index < -0.39 is 0 Å². The van der Waals surface area contributed by atoms with Crippen molar-refractivity contribution in [3.05, 3.63) is 143 Å². The first-order chi connectivity index (χ1) is 16.3. The van der Waals surface area contributed by atoms with Gasteiger partial charge in [-0.25, -0.2) is 9.69 Å². The molecule has 33 heavy (non-hydrogen) atoms. The van der Waals surface area contributed by atoms with Crippen molar-refractivity contribution in [2.75, 3.05) is 0 Å². The van der Waals surface area contributed by atoms with E-state index in [0.717, 1.165) is 42.0 Å². The van der Waals surface area contributed by atoms with Gasteiger partial charge in [0, 0.05) is 36.9 Å². The van der Waals surface area contributed by atoms with Crippen LogP contribution in [0.4, 0.5) is 0 Å². The Bertz CT molecular complexity index is 1230. The number of benzene rings is 2. The molecule has 0 unspecified atom stereocenters. The van der Waals surface area contributed by atoms with Crippen LogP contribution in [0, 0.1) is 13.1 Å². The average Bonchev–Trinajstić information content (AvgIpc) is 3.51. The van der Waals surface area contributed by atoms with E-state index in [2.05, 4.69) is 31.2 Å². The van der Waals surface area contributed by atoms with Gasteiger partial charge >= 0.3 is 0 Å². The Hall–Kier alpha value is -4.54. The van der Waals surface area contributed by atoms with Gasteiger partial charge in [0.15, 0.2) is 11.4 Å². The second-order valence-electron chi connectivity index (χ2n) is 7.62. The number of hydrogen-bond donors (Lipinski definition) is 0. The van der Waals surface area contributed by atoms with Crippen LogP contribution in [0.5, 0.6) is 0 Å². The van der Waals surface area contributed by atoms with E-state index in [9.17, 15) is 0 Å². The van der Waals surface area contributed by atoms with Gasteiger partial charge in [-0.1, -0.05) is 60.7 Å². The van der Waals surface area contributed by atoms with Crippen molar-refractivity contribution >= 4 is 23.5 Å². The third-order valence-corrected chi connectivity index (χ3v) is 5.48. The summed E-state index contributed by atoms with van der Waals surface area (Å²) < 4.78 is 4.36. The van der Waals surface area contributed by atoms with Gasteiger partial charge in [-0.3, -0.25) is 0 Å². The Morgan fingerprint density at radius 2 is 1.03 bits per heavy atom. The molecule has 4 aromatic rings. The summed E-state index contributed by atoms with van der Waals surface area (Å²) in [6.07, 6.45) is 8.95. The Kier molecular flexibility index (Phi) is 7.01. The fourth-order valence-electron chi connectivity index (χ4n) is 3.79. The molecule has 0 amide bonds. The Labute approximate surface area is 195 Å². The molecule has 0 atom stereocenters. The third kappa shape index (κ3) is 5.39. The lowest BCUT2D eigenvalue weighted by atomic mass is 10.1. The summed E-state index contributed by atoms with van der Waals surface area (Å²) in [5, 5.41) is 0. The highest BCUT2D eigenvalue weighted by molar-refractivity contribution is 5.85. The predicted octanol–water partition coefficient (Wildman–Crippen LogP) is 7.21. The molecule has 2 aromatic heterocycles. The summed E-state index contributed by atoms with van der Waals surface area (Å²) in [4.78, 5) is 7.46. The molecule has 0 bridgehead atoms. The van der Waals surface area contributed by atoms with E-state index in [4.69, 9.17) is 13.1 Å². The van der Waals surface area contributed by atoms with E-state index in [1.165, 1.54) is 0 Å². The first-order valence-electron chi connectivity index (χ1n) is 10.9. The Balaban J connectivity index is 1.45. The fraction of sp³-hybridized carbons (Fsp3) is 0.103. The maximum absolute atomic E-state index is 7.58. The van der Waals surface area contributed by atoms with Gasteiger partial charge in [-0.15, -0.1) is 0 Å². The molecular formula is C29H24N4. The molecular weight excluding hydrogens is 404 g/mol. The topological polar surface area (TPSA) is 18.6 Å². The van der Waals surface area contributed by atoms with Crippen LogP contribution in [0.1, 0.15) is 28.9 Å². The first-order valence-corrected chi connectivity index (χ1v) is 10.9. The summed E-state index contributed by atoms with van der Waals surface area (Å²) in [5.74, 6) is 0. The molecule has 4 heteroatoms. The second kappa shape index (κ2) is 10.7. The maximum Gasteiger partial charge on any atom is 0.196 e. The van der Waals surface area contributed by atoms with Crippen LogP contribution in [-0.4, -0.2) is 9.13 Å². The minimum absolute atomic E-state index is 0.640. The highest BCUT2D eigenvalue weighted by atomic mass is 15.0. The monoisotopic (exact) mass is 428 g/mol. The summed E-state index contributed by atoms with van der Waals surface area (Å²) in [6, 6.07) is 27.7. The van der Waals surface area contributed by atoms with E-state index in [1.807, 2.05) is 97.1 Å². The van der Waals surface area contributed by atoms with Gasteiger partial charge in [0.25, 0.3) is 0 Å². The normalized spacial score (nSPS) is 11.7. The third-order valence-electron chi connectivity index (χ3n) is 5.48. The molecule has 0 aliphatic heterocycles. The maximum atomic E-state index is 7.58. The van der Waals surface area contributed by atoms with Crippen molar-refractivity contribution in [3.63, 3.8) is 0 Å². The smallest absolute Gasteiger partial charge is 0.196 e. The zero-order valence-electron chi connectivity index (χ0n) is 18.3. The van der Waals surface area contributed by atoms with Crippen LogP contribution in [0.3, 0.4) is 0 Å². The van der Waals surface area contributed by atoms with Crippen LogP contribution in [0.15, 0.2) is 97.3 Å². The molecule has 0 fully saturated rings. The second-order valence-corrected chi connectivity index (χ2v) is 7.62. The van der Waals surface area contributed by atoms with Crippen molar-refractivity contribution in [2.45, 2.75) is 19.5 Å². The fourth-order valence-corrected chi connectivity index (χ4v) is 3.79. The van der Waals surface area contributed by atoms with Crippen LogP contribution in [-0.2, 0) is 13.1 Å². The number of aromatic nitrogens is 2. The number of hydrogen-bond acceptors (Lipinski definition) is 0. The number of aryl methyl sites for hydroxylation is 2. The summed E-state index contributed by atoms with van der Waals surface area (Å²) >= 11 is 0. The van der Waals surface area contributed by atoms with Crippen molar-refractivity contribution in [1.29, 1.82) is 0 Å². The highest BCUT2D eigenvalue weighted by Crippen LogP contribution is 2.21. The van der Waals surface area contributed by atoms with Crippen LogP contribution >= 0.6 is 0 Å². The molecule has 0 radical (unpaired) electrons. The number of rotatable bonds is 8. The van der Waals surface area contributed by atoms with Gasteiger partial charge in [0.05, 0.1) is 13.1 Å². The van der Waals surface area contributed by atoms with E-state index in [0.29, 0.717) is 11.4 Å². The van der Waals surface area contributed by atoms with Gasteiger partial charge in [0.2, 0.25) is 0 Å². The summed E-state index contributed by atoms with van der Waals surface area (Å²) in [5.41, 5.74) is 5.19. The van der Waals surface area contributed by atoms with Gasteiger partial charge in [0.1, 0.15) is 0 Å². The molecule has 2 aromatic carbocycles. The van der Waals surface area contributed by atoms with Gasteiger partial charge in [-0.05, 0) is 54.0 Å². The van der Waals surface area contributed by atoms with Crippen molar-refractivity contribution < 1.29 is 0 Å². The minimum Gasteiger partial charge on any atom is -0.349 e. The van der Waals surface area contributed by atoms with E-state index in [1.54, 1.807) is 0 Å². The molecule has 0 N–H and O–H groups in total. The van der Waals surface area contributed by atoms with Crippen LogP contribution < -0.4 is 0 Å². The van der Waals surface area contributed by atoms with Crippen molar-refractivity contribution in [1.82, 2.24) is 9.13 Å². The molecule has 0 saturated carbocycles. The molecule has 0 aliphatic carbocycles.